The minimum absolute atomic E-state index is 0.184. The molecule has 0 saturated carbocycles. The van der Waals surface area contributed by atoms with Gasteiger partial charge >= 0.3 is 0 Å². The molecule has 30 heavy (non-hydrogen) atoms. The van der Waals surface area contributed by atoms with Gasteiger partial charge in [-0.15, -0.1) is 0 Å². The molecule has 1 saturated heterocycles. The fraction of sp³-hybridized carbons (Fsp3) is 0.208. The Morgan fingerprint density at radius 1 is 0.900 bits per heavy atom. The summed E-state index contributed by atoms with van der Waals surface area (Å²) in [6.07, 6.45) is 5.61. The summed E-state index contributed by atoms with van der Waals surface area (Å²) in [6.45, 7) is 2.68. The van der Waals surface area contributed by atoms with E-state index in [4.69, 9.17) is 0 Å². The van der Waals surface area contributed by atoms with Crippen molar-refractivity contribution < 1.29 is 9.59 Å². The number of carbonyl (C=O) groups excluding carboxylic acids is 2. The van der Waals surface area contributed by atoms with Crippen LogP contribution in [-0.2, 0) is 6.54 Å². The van der Waals surface area contributed by atoms with Crippen LogP contribution in [0, 0.1) is 0 Å². The molecule has 6 heteroatoms. The van der Waals surface area contributed by atoms with E-state index in [0.717, 1.165) is 18.7 Å². The first-order valence-electron chi connectivity index (χ1n) is 10.1. The van der Waals surface area contributed by atoms with Crippen molar-refractivity contribution >= 4 is 23.2 Å². The fourth-order valence-electron chi connectivity index (χ4n) is 3.52. The number of hydrogen-bond donors (Lipinski definition) is 2. The molecule has 152 valence electrons. The average molecular weight is 400 g/mol. The molecule has 3 aromatic rings. The molecular formula is C24H24N4O2. The standard InChI is InChI=1S/C24H24N4O2/c29-23(26-16-18-8-10-22(11-9-18)28-13-1-2-14-28)19-5-3-7-21(15-19)27-24(30)20-6-4-12-25-17-20/h3-12,15,17H,1-2,13-14,16H2,(H,26,29)(H,27,30). The molecule has 0 bridgehead atoms. The number of nitrogens with one attached hydrogen (secondary N) is 2. The van der Waals surface area contributed by atoms with E-state index in [1.807, 2.05) is 0 Å². The Kier molecular flexibility index (Phi) is 6.03. The average Bonchev–Trinajstić information content (AvgIpc) is 3.33. The van der Waals surface area contributed by atoms with Gasteiger partial charge in [0.25, 0.3) is 11.8 Å². The van der Waals surface area contributed by atoms with Crippen molar-refractivity contribution in [1.82, 2.24) is 10.3 Å². The van der Waals surface area contributed by atoms with Crippen LogP contribution in [0.2, 0.25) is 0 Å². The first kappa shape index (κ1) is 19.6. The highest BCUT2D eigenvalue weighted by molar-refractivity contribution is 6.04. The maximum Gasteiger partial charge on any atom is 0.257 e. The molecule has 0 radical (unpaired) electrons. The predicted octanol–water partition coefficient (Wildman–Crippen LogP) is 3.86. The van der Waals surface area contributed by atoms with Gasteiger partial charge in [-0.05, 0) is 60.9 Å². The van der Waals surface area contributed by atoms with Crippen molar-refractivity contribution in [2.45, 2.75) is 19.4 Å². The van der Waals surface area contributed by atoms with Crippen LogP contribution < -0.4 is 15.5 Å². The van der Waals surface area contributed by atoms with Gasteiger partial charge in [-0.3, -0.25) is 14.6 Å². The van der Waals surface area contributed by atoms with Gasteiger partial charge in [0.05, 0.1) is 5.56 Å². The molecule has 1 aliphatic heterocycles. The Balaban J connectivity index is 1.34. The van der Waals surface area contributed by atoms with Gasteiger partial charge < -0.3 is 15.5 Å². The molecule has 2 N–H and O–H groups in total. The summed E-state index contributed by atoms with van der Waals surface area (Å²) in [4.78, 5) is 31.2. The lowest BCUT2D eigenvalue weighted by Crippen LogP contribution is -2.23. The first-order chi connectivity index (χ1) is 14.7. The third-order valence-electron chi connectivity index (χ3n) is 5.17. The molecule has 0 unspecified atom stereocenters. The summed E-state index contributed by atoms with van der Waals surface area (Å²) >= 11 is 0. The van der Waals surface area contributed by atoms with Crippen LogP contribution >= 0.6 is 0 Å². The quantitative estimate of drug-likeness (QED) is 0.659. The molecule has 1 fully saturated rings. The summed E-state index contributed by atoms with van der Waals surface area (Å²) in [5, 5.41) is 5.74. The van der Waals surface area contributed by atoms with Crippen LogP contribution in [0.1, 0.15) is 39.1 Å². The SMILES string of the molecule is O=C(NCc1ccc(N2CCCC2)cc1)c1cccc(NC(=O)c2cccnc2)c1. The molecule has 4 rings (SSSR count). The molecule has 1 aliphatic rings. The third-order valence-corrected chi connectivity index (χ3v) is 5.17. The zero-order valence-corrected chi connectivity index (χ0v) is 16.7. The van der Waals surface area contributed by atoms with Gasteiger partial charge in [-0.1, -0.05) is 18.2 Å². The van der Waals surface area contributed by atoms with Crippen molar-refractivity contribution in [2.24, 2.45) is 0 Å². The molecule has 2 amide bonds. The van der Waals surface area contributed by atoms with Gasteiger partial charge in [0.15, 0.2) is 0 Å². The van der Waals surface area contributed by atoms with Crippen molar-refractivity contribution in [1.29, 1.82) is 0 Å². The van der Waals surface area contributed by atoms with E-state index in [1.165, 1.54) is 24.7 Å². The summed E-state index contributed by atoms with van der Waals surface area (Å²) in [5.41, 5.74) is 3.80. The van der Waals surface area contributed by atoms with E-state index in [9.17, 15) is 9.59 Å². The Morgan fingerprint density at radius 3 is 2.40 bits per heavy atom. The molecule has 2 heterocycles. The third kappa shape index (κ3) is 4.84. The topological polar surface area (TPSA) is 74.3 Å². The number of aromatic nitrogens is 1. The van der Waals surface area contributed by atoms with E-state index < -0.39 is 0 Å². The molecular weight excluding hydrogens is 376 g/mol. The van der Waals surface area contributed by atoms with Crippen molar-refractivity contribution in [3.05, 3.63) is 89.7 Å². The molecule has 0 aliphatic carbocycles. The number of amides is 2. The number of carbonyl (C=O) groups is 2. The molecule has 0 spiro atoms. The van der Waals surface area contributed by atoms with E-state index in [2.05, 4.69) is 44.8 Å². The van der Waals surface area contributed by atoms with Crippen LogP contribution in [-0.4, -0.2) is 29.9 Å². The zero-order chi connectivity index (χ0) is 20.8. The number of anilines is 2. The smallest absolute Gasteiger partial charge is 0.257 e. The van der Waals surface area contributed by atoms with E-state index in [0.29, 0.717) is 23.4 Å². The van der Waals surface area contributed by atoms with Gasteiger partial charge in [-0.2, -0.15) is 0 Å². The van der Waals surface area contributed by atoms with Gasteiger partial charge in [-0.25, -0.2) is 0 Å². The van der Waals surface area contributed by atoms with E-state index >= 15 is 0 Å². The van der Waals surface area contributed by atoms with Crippen LogP contribution in [0.3, 0.4) is 0 Å². The Hall–Kier alpha value is -3.67. The highest BCUT2D eigenvalue weighted by Gasteiger charge is 2.12. The lowest BCUT2D eigenvalue weighted by molar-refractivity contribution is 0.0949. The highest BCUT2D eigenvalue weighted by atomic mass is 16.2. The number of nitrogens with zero attached hydrogens (tertiary/aromatic N) is 2. The summed E-state index contributed by atoms with van der Waals surface area (Å²) < 4.78 is 0. The Labute approximate surface area is 175 Å². The van der Waals surface area contributed by atoms with Crippen LogP contribution in [0.15, 0.2) is 73.1 Å². The summed E-state index contributed by atoms with van der Waals surface area (Å²) in [7, 11) is 0. The normalized spacial score (nSPS) is 13.1. The fourth-order valence-corrected chi connectivity index (χ4v) is 3.52. The van der Waals surface area contributed by atoms with Gasteiger partial charge in [0.1, 0.15) is 0 Å². The van der Waals surface area contributed by atoms with Gasteiger partial charge in [0.2, 0.25) is 0 Å². The number of benzene rings is 2. The zero-order valence-electron chi connectivity index (χ0n) is 16.7. The van der Waals surface area contributed by atoms with Crippen LogP contribution in [0.5, 0.6) is 0 Å². The number of hydrogen-bond acceptors (Lipinski definition) is 4. The second-order valence-corrected chi connectivity index (χ2v) is 7.32. The van der Waals surface area contributed by atoms with E-state index in [-0.39, 0.29) is 11.8 Å². The van der Waals surface area contributed by atoms with Gasteiger partial charge in [0, 0.05) is 49.0 Å². The minimum Gasteiger partial charge on any atom is -0.372 e. The monoisotopic (exact) mass is 400 g/mol. The Morgan fingerprint density at radius 2 is 1.67 bits per heavy atom. The summed E-state index contributed by atoms with van der Waals surface area (Å²) in [6, 6.07) is 18.6. The van der Waals surface area contributed by atoms with Crippen molar-refractivity contribution in [3.63, 3.8) is 0 Å². The molecule has 0 atom stereocenters. The second kappa shape index (κ2) is 9.22. The van der Waals surface area contributed by atoms with E-state index in [1.54, 1.807) is 42.6 Å². The second-order valence-electron chi connectivity index (χ2n) is 7.32. The molecule has 2 aromatic carbocycles. The maximum absolute atomic E-state index is 12.6. The predicted molar refractivity (Wildman–Crippen MR) is 118 cm³/mol. The lowest BCUT2D eigenvalue weighted by Gasteiger charge is -2.17. The summed E-state index contributed by atoms with van der Waals surface area (Å²) in [5.74, 6) is -0.449. The lowest BCUT2D eigenvalue weighted by atomic mass is 10.1. The van der Waals surface area contributed by atoms with Crippen LogP contribution in [0.4, 0.5) is 11.4 Å². The largest absolute Gasteiger partial charge is 0.372 e. The molecule has 6 nitrogen and oxygen atoms in total. The van der Waals surface area contributed by atoms with Crippen molar-refractivity contribution in [3.8, 4) is 0 Å². The molecule has 1 aromatic heterocycles. The minimum atomic E-state index is -0.265. The maximum atomic E-state index is 12.6. The Bertz CT molecular complexity index is 1010. The van der Waals surface area contributed by atoms with Crippen molar-refractivity contribution in [2.75, 3.05) is 23.3 Å². The highest BCUT2D eigenvalue weighted by Crippen LogP contribution is 2.20. The van der Waals surface area contributed by atoms with Crippen LogP contribution in [0.25, 0.3) is 0 Å². The number of rotatable bonds is 6. The number of pyridine rings is 1. The first-order valence-corrected chi connectivity index (χ1v) is 10.1.